The first kappa shape index (κ1) is 17.0. The van der Waals surface area contributed by atoms with Gasteiger partial charge < -0.3 is 10.0 Å². The molecule has 0 bridgehead atoms. The van der Waals surface area contributed by atoms with Crippen LogP contribution in [-0.4, -0.2) is 50.1 Å². The summed E-state index contributed by atoms with van der Waals surface area (Å²) in [5.41, 5.74) is -0.689. The van der Waals surface area contributed by atoms with E-state index < -0.39 is 56.0 Å². The van der Waals surface area contributed by atoms with Gasteiger partial charge in [-0.1, -0.05) is 0 Å². The van der Waals surface area contributed by atoms with Crippen molar-refractivity contribution in [3.8, 4) is 0 Å². The zero-order valence-electron chi connectivity index (χ0n) is 11.3. The summed E-state index contributed by atoms with van der Waals surface area (Å²) in [6, 6.07) is 0.928. The van der Waals surface area contributed by atoms with Gasteiger partial charge in [0.05, 0.1) is 11.3 Å². The fourth-order valence-corrected chi connectivity index (χ4v) is 2.81. The molecule has 9 heteroatoms. The second kappa shape index (κ2) is 6.17. The van der Waals surface area contributed by atoms with Crippen molar-refractivity contribution in [3.05, 3.63) is 29.3 Å². The summed E-state index contributed by atoms with van der Waals surface area (Å²) in [5.74, 6) is -6.07. The summed E-state index contributed by atoms with van der Waals surface area (Å²) in [4.78, 5) is 22.2. The Morgan fingerprint density at radius 3 is 2.29 bits per heavy atom. The molecule has 0 atom stereocenters. The minimum Gasteiger partial charge on any atom is -0.478 e. The van der Waals surface area contributed by atoms with Crippen molar-refractivity contribution in [2.45, 2.75) is 11.3 Å². The zero-order chi connectivity index (χ0) is 16.4. The molecule has 0 fully saturated rings. The number of carboxylic acids is 1. The Labute approximate surface area is 119 Å². The lowest BCUT2D eigenvalue weighted by Crippen LogP contribution is -2.24. The van der Waals surface area contributed by atoms with E-state index in [0.29, 0.717) is 12.1 Å². The van der Waals surface area contributed by atoms with Gasteiger partial charge >= 0.3 is 5.97 Å². The molecule has 0 aliphatic rings. The summed E-state index contributed by atoms with van der Waals surface area (Å²) >= 11 is 0. The van der Waals surface area contributed by atoms with E-state index in [2.05, 4.69) is 0 Å². The Morgan fingerprint density at radius 2 is 1.81 bits per heavy atom. The van der Waals surface area contributed by atoms with E-state index in [0.717, 1.165) is 4.90 Å². The summed E-state index contributed by atoms with van der Waals surface area (Å²) in [7, 11) is -1.49. The highest BCUT2D eigenvalue weighted by Gasteiger charge is 2.25. The number of sulfone groups is 1. The van der Waals surface area contributed by atoms with Crippen molar-refractivity contribution in [2.24, 2.45) is 0 Å². The number of nitrogens with zero attached hydrogens (tertiary/aromatic N) is 1. The Morgan fingerprint density at radius 1 is 1.24 bits per heavy atom. The van der Waals surface area contributed by atoms with Crippen LogP contribution in [0, 0.1) is 11.6 Å². The molecule has 0 heterocycles. The lowest BCUT2D eigenvalue weighted by molar-refractivity contribution is -0.128. The number of carbonyl (C=O) groups is 2. The summed E-state index contributed by atoms with van der Waals surface area (Å²) in [5, 5.41) is 8.74. The number of hydrogen-bond donors (Lipinski definition) is 1. The van der Waals surface area contributed by atoms with E-state index >= 15 is 0 Å². The highest BCUT2D eigenvalue weighted by molar-refractivity contribution is 7.91. The quantitative estimate of drug-likeness (QED) is 0.870. The minimum atomic E-state index is -4.32. The number of carbonyl (C=O) groups excluding carboxylic acids is 1. The normalized spacial score (nSPS) is 11.2. The SMILES string of the molecule is CN(C)C(=O)CCS(=O)(=O)c1cc(C(=O)O)cc(F)c1F. The molecule has 0 saturated heterocycles. The van der Waals surface area contributed by atoms with Gasteiger partial charge in [-0.3, -0.25) is 4.79 Å². The maximum absolute atomic E-state index is 13.6. The third-order valence-electron chi connectivity index (χ3n) is 2.66. The number of aromatic carboxylic acids is 1. The molecule has 6 nitrogen and oxygen atoms in total. The van der Waals surface area contributed by atoms with Gasteiger partial charge in [-0.15, -0.1) is 0 Å². The van der Waals surface area contributed by atoms with Crippen LogP contribution in [0.25, 0.3) is 0 Å². The minimum absolute atomic E-state index is 0.391. The standard InChI is InChI=1S/C12H13F2NO5S/c1-15(2)10(16)3-4-21(19,20)9-6-7(12(17)18)5-8(13)11(9)14/h5-6H,3-4H2,1-2H3,(H,17,18). The molecule has 0 unspecified atom stereocenters. The smallest absolute Gasteiger partial charge is 0.335 e. The van der Waals surface area contributed by atoms with Gasteiger partial charge in [-0.2, -0.15) is 0 Å². The molecule has 1 aromatic rings. The molecular weight excluding hydrogens is 308 g/mol. The highest BCUT2D eigenvalue weighted by Crippen LogP contribution is 2.21. The number of rotatable bonds is 5. The van der Waals surface area contributed by atoms with E-state index in [-0.39, 0.29) is 0 Å². The van der Waals surface area contributed by atoms with Crippen LogP contribution in [0.1, 0.15) is 16.8 Å². The van der Waals surface area contributed by atoms with E-state index in [1.807, 2.05) is 0 Å². The van der Waals surface area contributed by atoms with Crippen molar-refractivity contribution < 1.29 is 31.9 Å². The summed E-state index contributed by atoms with van der Waals surface area (Å²) < 4.78 is 50.7. The van der Waals surface area contributed by atoms with Crippen molar-refractivity contribution in [1.29, 1.82) is 0 Å². The molecule has 1 aromatic carbocycles. The molecule has 0 saturated carbocycles. The fraction of sp³-hybridized carbons (Fsp3) is 0.333. The third kappa shape index (κ3) is 3.97. The van der Waals surface area contributed by atoms with Crippen molar-refractivity contribution in [1.82, 2.24) is 4.90 Å². The van der Waals surface area contributed by atoms with Crippen LogP contribution < -0.4 is 0 Å². The van der Waals surface area contributed by atoms with E-state index in [4.69, 9.17) is 5.11 Å². The Balaban J connectivity index is 3.19. The van der Waals surface area contributed by atoms with Gasteiger partial charge in [-0.25, -0.2) is 22.0 Å². The first-order chi connectivity index (χ1) is 9.56. The van der Waals surface area contributed by atoms with Crippen LogP contribution in [0.5, 0.6) is 0 Å². The van der Waals surface area contributed by atoms with Crippen LogP contribution in [0.2, 0.25) is 0 Å². The molecule has 1 amide bonds. The molecule has 0 radical (unpaired) electrons. The second-order valence-electron chi connectivity index (χ2n) is 4.43. The van der Waals surface area contributed by atoms with Crippen LogP contribution in [-0.2, 0) is 14.6 Å². The third-order valence-corrected chi connectivity index (χ3v) is 4.37. The average Bonchev–Trinajstić information content (AvgIpc) is 2.38. The van der Waals surface area contributed by atoms with Gasteiger partial charge in [0.2, 0.25) is 5.91 Å². The summed E-state index contributed by atoms with van der Waals surface area (Å²) in [6.45, 7) is 0. The van der Waals surface area contributed by atoms with Crippen LogP contribution in [0.4, 0.5) is 8.78 Å². The Kier molecular flexibility index (Phi) is 5.00. The zero-order valence-corrected chi connectivity index (χ0v) is 12.1. The molecule has 0 aromatic heterocycles. The molecule has 1 N–H and O–H groups in total. The number of amides is 1. The second-order valence-corrected chi connectivity index (χ2v) is 6.51. The predicted molar refractivity (Wildman–Crippen MR) is 68.7 cm³/mol. The van der Waals surface area contributed by atoms with Gasteiger partial charge in [0.1, 0.15) is 4.90 Å². The van der Waals surface area contributed by atoms with Crippen LogP contribution >= 0.6 is 0 Å². The molecule has 0 spiro atoms. The van der Waals surface area contributed by atoms with Gasteiger partial charge in [-0.05, 0) is 12.1 Å². The van der Waals surface area contributed by atoms with E-state index in [1.54, 1.807) is 0 Å². The number of benzene rings is 1. The number of carboxylic acid groups (broad SMARTS) is 1. The Bertz CT molecular complexity index is 685. The molecule has 21 heavy (non-hydrogen) atoms. The van der Waals surface area contributed by atoms with E-state index in [9.17, 15) is 26.8 Å². The fourth-order valence-electron chi connectivity index (χ4n) is 1.47. The van der Waals surface area contributed by atoms with Crippen molar-refractivity contribution >= 4 is 21.7 Å². The van der Waals surface area contributed by atoms with Crippen LogP contribution in [0.15, 0.2) is 17.0 Å². The largest absolute Gasteiger partial charge is 0.478 e. The topological polar surface area (TPSA) is 91.8 Å². The van der Waals surface area contributed by atoms with E-state index in [1.165, 1.54) is 14.1 Å². The number of halogens is 2. The average molecular weight is 321 g/mol. The van der Waals surface area contributed by atoms with Crippen molar-refractivity contribution in [3.63, 3.8) is 0 Å². The van der Waals surface area contributed by atoms with Crippen LogP contribution in [0.3, 0.4) is 0 Å². The lowest BCUT2D eigenvalue weighted by Gasteiger charge is -2.11. The maximum atomic E-state index is 13.6. The maximum Gasteiger partial charge on any atom is 0.335 e. The first-order valence-electron chi connectivity index (χ1n) is 5.71. The molecule has 116 valence electrons. The lowest BCUT2D eigenvalue weighted by atomic mass is 10.2. The summed E-state index contributed by atoms with van der Waals surface area (Å²) in [6.07, 6.45) is -0.423. The highest BCUT2D eigenvalue weighted by atomic mass is 32.2. The van der Waals surface area contributed by atoms with Gasteiger partial charge in [0.25, 0.3) is 0 Å². The number of hydrogen-bond acceptors (Lipinski definition) is 4. The first-order valence-corrected chi connectivity index (χ1v) is 7.36. The predicted octanol–water partition coefficient (Wildman–Crippen LogP) is 0.915. The Hall–Kier alpha value is -2.03. The molecular formula is C12H13F2NO5S. The van der Waals surface area contributed by atoms with Gasteiger partial charge in [0, 0.05) is 20.5 Å². The molecule has 1 rings (SSSR count). The van der Waals surface area contributed by atoms with Crippen molar-refractivity contribution in [2.75, 3.05) is 19.8 Å². The van der Waals surface area contributed by atoms with Gasteiger partial charge in [0.15, 0.2) is 21.5 Å². The molecule has 0 aliphatic carbocycles. The molecule has 0 aliphatic heterocycles. The monoisotopic (exact) mass is 321 g/mol.